The van der Waals surface area contributed by atoms with Gasteiger partial charge in [-0.25, -0.2) is 9.97 Å². The summed E-state index contributed by atoms with van der Waals surface area (Å²) in [6.45, 7) is 0. The second kappa shape index (κ2) is 9.45. The number of aromatic nitrogens is 5. The van der Waals surface area contributed by atoms with Crippen molar-refractivity contribution in [3.63, 3.8) is 0 Å². The van der Waals surface area contributed by atoms with E-state index in [4.69, 9.17) is 0 Å². The highest BCUT2D eigenvalue weighted by Crippen LogP contribution is 2.26. The number of alkyl halides is 3. The molecule has 0 bridgehead atoms. The number of fused-ring (bicyclic) bond motifs is 1. The summed E-state index contributed by atoms with van der Waals surface area (Å²) in [6, 6.07) is 13.3. The minimum atomic E-state index is -4.78. The molecule has 0 saturated carbocycles. The molecule has 37 heavy (non-hydrogen) atoms. The third-order valence-corrected chi connectivity index (χ3v) is 5.13. The number of H-pyrrole nitrogens is 2. The zero-order valence-electron chi connectivity index (χ0n) is 18.6. The first-order chi connectivity index (χ1) is 17.7. The summed E-state index contributed by atoms with van der Waals surface area (Å²) in [6.07, 6.45) is -0.371. The van der Waals surface area contributed by atoms with Gasteiger partial charge < -0.3 is 14.7 Å². The third-order valence-electron chi connectivity index (χ3n) is 5.13. The number of rotatable bonds is 6. The maximum atomic E-state index is 12.7. The predicted molar refractivity (Wildman–Crippen MR) is 127 cm³/mol. The van der Waals surface area contributed by atoms with Crippen LogP contribution < -0.4 is 15.4 Å². The van der Waals surface area contributed by atoms with E-state index in [9.17, 15) is 22.8 Å². The predicted octanol–water partition coefficient (Wildman–Crippen LogP) is 4.75. The number of ether oxygens (including phenoxy) is 1. The number of hydrogen-bond acceptors (Lipinski definition) is 6. The van der Waals surface area contributed by atoms with Crippen LogP contribution in [0.1, 0.15) is 20.7 Å². The SMILES string of the molecule is O=C(Nc1nc2c(C(=O)Nc3ncc[nH]3)cccc2[nH]1)c1ccc(-c2ccc(OC(F)(F)F)cc2)nc1. The Morgan fingerprint density at radius 3 is 2.35 bits per heavy atom. The van der Waals surface area contributed by atoms with Gasteiger partial charge in [-0.15, -0.1) is 13.2 Å². The summed E-state index contributed by atoms with van der Waals surface area (Å²) >= 11 is 0. The van der Waals surface area contributed by atoms with Crippen LogP contribution in [-0.4, -0.2) is 43.1 Å². The summed E-state index contributed by atoms with van der Waals surface area (Å²) in [7, 11) is 0. The third kappa shape index (κ3) is 5.40. The number of nitrogens with one attached hydrogen (secondary N) is 4. The van der Waals surface area contributed by atoms with Crippen molar-refractivity contribution in [2.45, 2.75) is 6.36 Å². The van der Waals surface area contributed by atoms with Gasteiger partial charge in [-0.3, -0.25) is 25.2 Å². The molecule has 0 aliphatic rings. The maximum Gasteiger partial charge on any atom is 0.573 e. The molecule has 0 fully saturated rings. The number of pyridine rings is 1. The Kier molecular flexibility index (Phi) is 6.01. The van der Waals surface area contributed by atoms with E-state index >= 15 is 0 Å². The van der Waals surface area contributed by atoms with Gasteiger partial charge in [-0.2, -0.15) is 0 Å². The van der Waals surface area contributed by atoms with Gasteiger partial charge in [0.1, 0.15) is 11.3 Å². The van der Waals surface area contributed by atoms with Gasteiger partial charge in [0.15, 0.2) is 0 Å². The molecular weight excluding hydrogens is 491 g/mol. The molecule has 0 unspecified atom stereocenters. The lowest BCUT2D eigenvalue weighted by Gasteiger charge is -2.09. The highest BCUT2D eigenvalue weighted by molar-refractivity contribution is 6.11. The van der Waals surface area contributed by atoms with E-state index in [1.165, 1.54) is 42.7 Å². The van der Waals surface area contributed by atoms with E-state index in [1.54, 1.807) is 30.5 Å². The van der Waals surface area contributed by atoms with Crippen molar-refractivity contribution in [3.05, 3.63) is 84.3 Å². The van der Waals surface area contributed by atoms with Crippen LogP contribution in [-0.2, 0) is 0 Å². The van der Waals surface area contributed by atoms with E-state index in [-0.39, 0.29) is 28.8 Å². The van der Waals surface area contributed by atoms with Crippen LogP contribution in [0.5, 0.6) is 5.75 Å². The monoisotopic (exact) mass is 507 g/mol. The first kappa shape index (κ1) is 23.5. The fraction of sp³-hybridized carbons (Fsp3) is 0.0417. The lowest BCUT2D eigenvalue weighted by molar-refractivity contribution is -0.274. The molecule has 5 rings (SSSR count). The van der Waals surface area contributed by atoms with Crippen molar-refractivity contribution in [2.24, 2.45) is 0 Å². The van der Waals surface area contributed by atoms with Gasteiger partial charge in [0.2, 0.25) is 11.9 Å². The maximum absolute atomic E-state index is 12.7. The molecule has 0 aliphatic carbocycles. The van der Waals surface area contributed by atoms with Crippen molar-refractivity contribution in [1.82, 2.24) is 24.9 Å². The van der Waals surface area contributed by atoms with E-state index in [0.29, 0.717) is 22.3 Å². The molecule has 4 N–H and O–H groups in total. The largest absolute Gasteiger partial charge is 0.573 e. The number of carbonyl (C=O) groups excluding carboxylic acids is 2. The van der Waals surface area contributed by atoms with Crippen LogP contribution in [0.2, 0.25) is 0 Å². The average molecular weight is 507 g/mol. The molecule has 13 heteroatoms. The van der Waals surface area contributed by atoms with Crippen LogP contribution in [0.3, 0.4) is 0 Å². The smallest absolute Gasteiger partial charge is 0.406 e. The number of nitrogens with zero attached hydrogens (tertiary/aromatic N) is 3. The molecule has 10 nitrogen and oxygen atoms in total. The quantitative estimate of drug-likeness (QED) is 0.262. The number of para-hydroxylation sites is 1. The Labute approximate surface area is 205 Å². The number of anilines is 2. The molecule has 186 valence electrons. The Bertz CT molecular complexity index is 1560. The first-order valence-corrected chi connectivity index (χ1v) is 10.7. The molecular formula is C24H16F3N7O3. The van der Waals surface area contributed by atoms with Crippen LogP contribution in [0.25, 0.3) is 22.3 Å². The molecule has 0 radical (unpaired) electrons. The van der Waals surface area contributed by atoms with Gasteiger partial charge >= 0.3 is 6.36 Å². The standard InChI is InChI=1S/C24H16F3N7O3/c25-24(26,27)37-15-7-4-13(5-8-15)17-9-6-14(12-30-17)20(35)33-23-31-18-3-1-2-16(19(18)32-23)21(36)34-22-28-10-11-29-22/h1-12H,(H2,28,29,34,36)(H2,31,32,33,35). The zero-order chi connectivity index (χ0) is 26.0. The summed E-state index contributed by atoms with van der Waals surface area (Å²) in [5, 5.41) is 5.25. The summed E-state index contributed by atoms with van der Waals surface area (Å²) in [4.78, 5) is 43.6. The molecule has 0 spiro atoms. The molecule has 3 aromatic heterocycles. The number of halogens is 3. The van der Waals surface area contributed by atoms with E-state index in [2.05, 4.69) is 40.3 Å². The number of amides is 2. The molecule has 0 aliphatic heterocycles. The van der Waals surface area contributed by atoms with Crippen molar-refractivity contribution in [3.8, 4) is 17.0 Å². The van der Waals surface area contributed by atoms with Gasteiger partial charge in [0.25, 0.3) is 11.8 Å². The van der Waals surface area contributed by atoms with Gasteiger partial charge in [0, 0.05) is 24.2 Å². The van der Waals surface area contributed by atoms with E-state index in [0.717, 1.165) is 0 Å². The number of benzene rings is 2. The Morgan fingerprint density at radius 1 is 0.892 bits per heavy atom. The first-order valence-electron chi connectivity index (χ1n) is 10.7. The second-order valence-corrected chi connectivity index (χ2v) is 7.64. The average Bonchev–Trinajstić information content (AvgIpc) is 3.52. The Balaban J connectivity index is 1.29. The topological polar surface area (TPSA) is 138 Å². The van der Waals surface area contributed by atoms with Crippen LogP contribution in [0.15, 0.2) is 73.2 Å². The van der Waals surface area contributed by atoms with Crippen LogP contribution >= 0.6 is 0 Å². The summed E-state index contributed by atoms with van der Waals surface area (Å²) < 4.78 is 40.8. The van der Waals surface area contributed by atoms with Crippen LogP contribution in [0, 0.1) is 0 Å². The fourth-order valence-electron chi connectivity index (χ4n) is 3.49. The minimum absolute atomic E-state index is 0.127. The molecule has 2 amide bonds. The van der Waals surface area contributed by atoms with E-state index in [1.807, 2.05) is 0 Å². The van der Waals surface area contributed by atoms with Crippen molar-refractivity contribution in [1.29, 1.82) is 0 Å². The van der Waals surface area contributed by atoms with Crippen LogP contribution in [0.4, 0.5) is 25.1 Å². The van der Waals surface area contributed by atoms with Gasteiger partial charge in [-0.05, 0) is 48.5 Å². The number of carbonyl (C=O) groups is 2. The van der Waals surface area contributed by atoms with E-state index < -0.39 is 18.2 Å². The number of aromatic amines is 2. The van der Waals surface area contributed by atoms with Gasteiger partial charge in [0.05, 0.1) is 22.3 Å². The zero-order valence-corrected chi connectivity index (χ0v) is 18.6. The van der Waals surface area contributed by atoms with Gasteiger partial charge in [-0.1, -0.05) is 6.07 Å². The lowest BCUT2D eigenvalue weighted by atomic mass is 10.1. The molecule has 2 aromatic carbocycles. The number of imidazole rings is 2. The molecule has 0 saturated heterocycles. The fourth-order valence-corrected chi connectivity index (χ4v) is 3.49. The summed E-state index contributed by atoms with van der Waals surface area (Å²) in [5.41, 5.74) is 2.38. The molecule has 0 atom stereocenters. The highest BCUT2D eigenvalue weighted by atomic mass is 19.4. The van der Waals surface area contributed by atoms with Crippen molar-refractivity contribution in [2.75, 3.05) is 10.6 Å². The number of hydrogen-bond donors (Lipinski definition) is 4. The molecule has 3 heterocycles. The Morgan fingerprint density at radius 2 is 1.68 bits per heavy atom. The minimum Gasteiger partial charge on any atom is -0.406 e. The lowest BCUT2D eigenvalue weighted by Crippen LogP contribution is -2.16. The normalized spacial score (nSPS) is 11.3. The molecule has 5 aromatic rings. The Hall–Kier alpha value is -5.20. The van der Waals surface area contributed by atoms with Crippen molar-refractivity contribution >= 4 is 34.7 Å². The highest BCUT2D eigenvalue weighted by Gasteiger charge is 2.31. The van der Waals surface area contributed by atoms with Crippen molar-refractivity contribution < 1.29 is 27.5 Å². The summed E-state index contributed by atoms with van der Waals surface area (Å²) in [5.74, 6) is -0.869. The second-order valence-electron chi connectivity index (χ2n) is 7.64.